The van der Waals surface area contributed by atoms with Crippen LogP contribution in [0.3, 0.4) is 0 Å². The Kier molecular flexibility index (Phi) is 3.95. The van der Waals surface area contributed by atoms with Crippen LogP contribution in [0.1, 0.15) is 12.5 Å². The van der Waals surface area contributed by atoms with Gasteiger partial charge >= 0.3 is 0 Å². The maximum Gasteiger partial charge on any atom is 0.228 e. The SMILES string of the molecule is Cc1ccc(F)c(NC(=O)C(C)CN)c1F. The Balaban J connectivity index is 2.97. The first-order chi connectivity index (χ1) is 7.47. The third kappa shape index (κ3) is 2.55. The molecule has 0 spiro atoms. The fraction of sp³-hybridized carbons (Fsp3) is 0.364. The van der Waals surface area contributed by atoms with Gasteiger partial charge in [-0.15, -0.1) is 0 Å². The summed E-state index contributed by atoms with van der Waals surface area (Å²) in [4.78, 5) is 11.4. The molecular weight excluding hydrogens is 214 g/mol. The third-order valence-electron chi connectivity index (χ3n) is 2.33. The standard InChI is InChI=1S/C11H14F2N2O/c1-6-3-4-8(12)10(9(6)13)15-11(16)7(2)5-14/h3-4,7H,5,14H2,1-2H3,(H,15,16). The van der Waals surface area contributed by atoms with Crippen LogP contribution in [0.5, 0.6) is 0 Å². The molecule has 1 unspecified atom stereocenters. The van der Waals surface area contributed by atoms with Crippen LogP contribution < -0.4 is 11.1 Å². The van der Waals surface area contributed by atoms with Crippen LogP contribution in [0.15, 0.2) is 12.1 Å². The van der Waals surface area contributed by atoms with Crippen LogP contribution in [0.25, 0.3) is 0 Å². The Morgan fingerprint density at radius 1 is 1.50 bits per heavy atom. The number of benzene rings is 1. The second-order valence-electron chi connectivity index (χ2n) is 3.68. The average molecular weight is 228 g/mol. The van der Waals surface area contributed by atoms with Crippen LogP contribution in [-0.4, -0.2) is 12.5 Å². The van der Waals surface area contributed by atoms with Crippen molar-refractivity contribution < 1.29 is 13.6 Å². The van der Waals surface area contributed by atoms with E-state index in [0.717, 1.165) is 6.07 Å². The van der Waals surface area contributed by atoms with Crippen molar-refractivity contribution in [2.75, 3.05) is 11.9 Å². The molecule has 0 saturated carbocycles. The largest absolute Gasteiger partial charge is 0.330 e. The molecular formula is C11H14F2N2O. The van der Waals surface area contributed by atoms with Gasteiger partial charge in [0.1, 0.15) is 11.5 Å². The number of hydrogen-bond donors (Lipinski definition) is 2. The molecule has 1 atom stereocenters. The zero-order valence-electron chi connectivity index (χ0n) is 9.18. The van der Waals surface area contributed by atoms with Crippen molar-refractivity contribution in [1.82, 2.24) is 0 Å². The summed E-state index contributed by atoms with van der Waals surface area (Å²) in [7, 11) is 0. The first-order valence-corrected chi connectivity index (χ1v) is 4.93. The van der Waals surface area contributed by atoms with Crippen molar-refractivity contribution >= 4 is 11.6 Å². The van der Waals surface area contributed by atoms with E-state index in [9.17, 15) is 13.6 Å². The highest BCUT2D eigenvalue weighted by atomic mass is 19.1. The zero-order chi connectivity index (χ0) is 12.3. The summed E-state index contributed by atoms with van der Waals surface area (Å²) in [6.45, 7) is 3.21. The highest BCUT2D eigenvalue weighted by Crippen LogP contribution is 2.22. The summed E-state index contributed by atoms with van der Waals surface area (Å²) in [6.07, 6.45) is 0. The molecule has 0 aliphatic rings. The van der Waals surface area contributed by atoms with Gasteiger partial charge in [-0.25, -0.2) is 8.78 Å². The van der Waals surface area contributed by atoms with Crippen molar-refractivity contribution in [1.29, 1.82) is 0 Å². The van der Waals surface area contributed by atoms with E-state index in [4.69, 9.17) is 5.73 Å². The van der Waals surface area contributed by atoms with Gasteiger partial charge in [-0.2, -0.15) is 0 Å². The summed E-state index contributed by atoms with van der Waals surface area (Å²) in [5.41, 5.74) is 5.15. The van der Waals surface area contributed by atoms with Gasteiger partial charge in [-0.3, -0.25) is 4.79 Å². The Bertz CT molecular complexity index is 407. The summed E-state index contributed by atoms with van der Waals surface area (Å²) >= 11 is 0. The second kappa shape index (κ2) is 5.03. The van der Waals surface area contributed by atoms with E-state index in [-0.39, 0.29) is 12.1 Å². The van der Waals surface area contributed by atoms with E-state index in [1.165, 1.54) is 13.0 Å². The van der Waals surface area contributed by atoms with Crippen LogP contribution in [0.2, 0.25) is 0 Å². The molecule has 3 N–H and O–H groups in total. The van der Waals surface area contributed by atoms with E-state index in [1.807, 2.05) is 0 Å². The maximum absolute atomic E-state index is 13.5. The number of hydrogen-bond acceptors (Lipinski definition) is 2. The van der Waals surface area contributed by atoms with E-state index < -0.39 is 29.1 Å². The molecule has 88 valence electrons. The van der Waals surface area contributed by atoms with Crippen LogP contribution in [0.4, 0.5) is 14.5 Å². The van der Waals surface area contributed by atoms with Crippen LogP contribution in [-0.2, 0) is 4.79 Å². The molecule has 1 aromatic rings. The maximum atomic E-state index is 13.5. The molecule has 1 rings (SSSR count). The number of carbonyl (C=O) groups is 1. The van der Waals surface area contributed by atoms with E-state index in [1.54, 1.807) is 6.92 Å². The van der Waals surface area contributed by atoms with Gasteiger partial charge in [-0.05, 0) is 18.6 Å². The fourth-order valence-electron chi connectivity index (χ4n) is 1.12. The van der Waals surface area contributed by atoms with Gasteiger partial charge in [-0.1, -0.05) is 13.0 Å². The quantitative estimate of drug-likeness (QED) is 0.828. The van der Waals surface area contributed by atoms with Gasteiger partial charge in [0.15, 0.2) is 5.82 Å². The smallest absolute Gasteiger partial charge is 0.228 e. The number of aryl methyl sites for hydroxylation is 1. The number of amides is 1. The zero-order valence-corrected chi connectivity index (χ0v) is 9.18. The Morgan fingerprint density at radius 3 is 2.69 bits per heavy atom. The van der Waals surface area contributed by atoms with E-state index in [0.29, 0.717) is 0 Å². The summed E-state index contributed by atoms with van der Waals surface area (Å²) < 4.78 is 26.8. The second-order valence-corrected chi connectivity index (χ2v) is 3.68. The lowest BCUT2D eigenvalue weighted by molar-refractivity contribution is -0.119. The fourth-order valence-corrected chi connectivity index (χ4v) is 1.12. The monoisotopic (exact) mass is 228 g/mol. The summed E-state index contributed by atoms with van der Waals surface area (Å²) in [6, 6.07) is 2.42. The normalized spacial score (nSPS) is 12.3. The number of carbonyl (C=O) groups excluding carboxylic acids is 1. The van der Waals surface area contributed by atoms with Crippen molar-refractivity contribution in [3.05, 3.63) is 29.3 Å². The summed E-state index contributed by atoms with van der Waals surface area (Å²) in [5.74, 6) is -2.52. The Morgan fingerprint density at radius 2 is 2.12 bits per heavy atom. The minimum atomic E-state index is -0.791. The predicted molar refractivity (Wildman–Crippen MR) is 57.9 cm³/mol. The first-order valence-electron chi connectivity index (χ1n) is 4.93. The van der Waals surface area contributed by atoms with Crippen molar-refractivity contribution in [3.8, 4) is 0 Å². The molecule has 3 nitrogen and oxygen atoms in total. The highest BCUT2D eigenvalue weighted by molar-refractivity contribution is 5.92. The number of nitrogens with two attached hydrogens (primary N) is 1. The molecule has 0 fully saturated rings. The Labute approximate surface area is 92.6 Å². The highest BCUT2D eigenvalue weighted by Gasteiger charge is 2.17. The number of anilines is 1. The van der Waals surface area contributed by atoms with Crippen molar-refractivity contribution in [3.63, 3.8) is 0 Å². The molecule has 0 bridgehead atoms. The topological polar surface area (TPSA) is 55.1 Å². The van der Waals surface area contributed by atoms with Gasteiger partial charge in [0, 0.05) is 12.5 Å². The molecule has 0 aliphatic heterocycles. The minimum absolute atomic E-state index is 0.126. The minimum Gasteiger partial charge on any atom is -0.330 e. The van der Waals surface area contributed by atoms with Gasteiger partial charge < -0.3 is 11.1 Å². The molecule has 0 aromatic heterocycles. The average Bonchev–Trinajstić information content (AvgIpc) is 2.28. The summed E-state index contributed by atoms with van der Waals surface area (Å²) in [5, 5.41) is 2.20. The van der Waals surface area contributed by atoms with Crippen LogP contribution >= 0.6 is 0 Å². The molecule has 0 heterocycles. The van der Waals surface area contributed by atoms with Crippen molar-refractivity contribution in [2.24, 2.45) is 11.7 Å². The van der Waals surface area contributed by atoms with Gasteiger partial charge in [0.2, 0.25) is 5.91 Å². The third-order valence-corrected chi connectivity index (χ3v) is 2.33. The Hall–Kier alpha value is -1.49. The predicted octanol–water partition coefficient (Wildman–Crippen LogP) is 1.81. The molecule has 0 saturated heterocycles. The van der Waals surface area contributed by atoms with E-state index >= 15 is 0 Å². The lowest BCUT2D eigenvalue weighted by atomic mass is 10.1. The molecule has 0 aliphatic carbocycles. The molecule has 1 amide bonds. The van der Waals surface area contributed by atoms with Gasteiger partial charge in [0.25, 0.3) is 0 Å². The number of rotatable bonds is 3. The number of halogens is 2. The molecule has 0 radical (unpaired) electrons. The lowest BCUT2D eigenvalue weighted by Gasteiger charge is -2.12. The van der Waals surface area contributed by atoms with Gasteiger partial charge in [0.05, 0.1) is 0 Å². The first kappa shape index (κ1) is 12.6. The number of nitrogens with one attached hydrogen (secondary N) is 1. The molecule has 1 aromatic carbocycles. The molecule has 5 heteroatoms. The lowest BCUT2D eigenvalue weighted by Crippen LogP contribution is -2.27. The molecule has 16 heavy (non-hydrogen) atoms. The van der Waals surface area contributed by atoms with Crippen molar-refractivity contribution in [2.45, 2.75) is 13.8 Å². The van der Waals surface area contributed by atoms with E-state index in [2.05, 4.69) is 5.32 Å². The van der Waals surface area contributed by atoms with Crippen LogP contribution in [0, 0.1) is 24.5 Å².